The van der Waals surface area contributed by atoms with Crippen molar-refractivity contribution in [3.63, 3.8) is 0 Å². The summed E-state index contributed by atoms with van der Waals surface area (Å²) in [6.45, 7) is 5.11. The highest BCUT2D eigenvalue weighted by Gasteiger charge is 2.42. The van der Waals surface area contributed by atoms with Gasteiger partial charge < -0.3 is 16.0 Å². The van der Waals surface area contributed by atoms with Crippen molar-refractivity contribution in [1.82, 2.24) is 16.0 Å². The molecule has 2 saturated heterocycles. The molecule has 3 N–H and O–H groups in total. The molecule has 0 aliphatic carbocycles. The number of urea groups is 1. The van der Waals surface area contributed by atoms with Gasteiger partial charge in [0.2, 0.25) is 5.91 Å². The third-order valence-corrected chi connectivity index (χ3v) is 5.63. The molecule has 2 fully saturated rings. The van der Waals surface area contributed by atoms with E-state index in [1.165, 1.54) is 0 Å². The van der Waals surface area contributed by atoms with Gasteiger partial charge in [-0.25, -0.2) is 4.79 Å². The van der Waals surface area contributed by atoms with E-state index in [0.29, 0.717) is 23.6 Å². The van der Waals surface area contributed by atoms with E-state index in [-0.39, 0.29) is 18.0 Å². The van der Waals surface area contributed by atoms with Crippen LogP contribution in [0.1, 0.15) is 46.0 Å². The average molecular weight is 313 g/mol. The van der Waals surface area contributed by atoms with E-state index in [9.17, 15) is 9.59 Å². The summed E-state index contributed by atoms with van der Waals surface area (Å²) in [6, 6.07) is 0.550. The lowest BCUT2D eigenvalue weighted by Crippen LogP contribution is -2.36. The molecule has 0 aromatic heterocycles. The minimum atomic E-state index is -0.0279. The molecule has 0 spiro atoms. The number of carbonyl (C=O) groups excluding carboxylic acids is 2. The zero-order chi connectivity index (χ0) is 15.2. The Morgan fingerprint density at radius 2 is 2.19 bits per heavy atom. The molecule has 3 atom stereocenters. The molecule has 2 aliphatic rings. The van der Waals surface area contributed by atoms with Crippen molar-refractivity contribution in [2.24, 2.45) is 5.92 Å². The van der Waals surface area contributed by atoms with Crippen molar-refractivity contribution in [2.75, 3.05) is 12.3 Å². The van der Waals surface area contributed by atoms with Crippen molar-refractivity contribution in [3.8, 4) is 0 Å². The van der Waals surface area contributed by atoms with Gasteiger partial charge in [-0.2, -0.15) is 11.8 Å². The highest BCUT2D eigenvalue weighted by molar-refractivity contribution is 8.00. The van der Waals surface area contributed by atoms with Gasteiger partial charge in [0.1, 0.15) is 0 Å². The Bertz CT molecular complexity index is 376. The summed E-state index contributed by atoms with van der Waals surface area (Å²) in [5.41, 5.74) is 0. The van der Waals surface area contributed by atoms with E-state index in [2.05, 4.69) is 29.8 Å². The SMILES string of the molecule is CC(C)CCNC(=O)CCCC[C@H]1SC[C@@H]2NC(=O)N[C@@H]21. The highest BCUT2D eigenvalue weighted by Crippen LogP contribution is 2.33. The van der Waals surface area contributed by atoms with Gasteiger partial charge in [-0.15, -0.1) is 0 Å². The van der Waals surface area contributed by atoms with Crippen LogP contribution in [0.25, 0.3) is 0 Å². The maximum absolute atomic E-state index is 11.7. The maximum atomic E-state index is 11.7. The lowest BCUT2D eigenvalue weighted by atomic mass is 10.0. The molecule has 0 unspecified atom stereocenters. The third kappa shape index (κ3) is 5.09. The van der Waals surface area contributed by atoms with E-state index in [0.717, 1.165) is 38.0 Å². The summed E-state index contributed by atoms with van der Waals surface area (Å²) in [4.78, 5) is 22.9. The monoisotopic (exact) mass is 313 g/mol. The first kappa shape index (κ1) is 16.5. The topological polar surface area (TPSA) is 70.2 Å². The minimum Gasteiger partial charge on any atom is -0.356 e. The van der Waals surface area contributed by atoms with Gasteiger partial charge in [0.05, 0.1) is 12.1 Å². The summed E-state index contributed by atoms with van der Waals surface area (Å²) >= 11 is 1.93. The van der Waals surface area contributed by atoms with Gasteiger partial charge >= 0.3 is 6.03 Å². The average Bonchev–Trinajstić information content (AvgIpc) is 2.94. The molecule has 0 saturated carbocycles. The standard InChI is InChI=1S/C15H27N3O2S/c1-10(2)7-8-16-13(19)6-4-3-5-12-14-11(9-21-12)17-15(20)18-14/h10-12,14H,3-9H2,1-2H3,(H,16,19)(H2,17,18,20)/t11-,12+,14-/m0/s1. The predicted molar refractivity (Wildman–Crippen MR) is 86.4 cm³/mol. The number of hydrogen-bond acceptors (Lipinski definition) is 3. The number of rotatable bonds is 8. The summed E-state index contributed by atoms with van der Waals surface area (Å²) in [5, 5.41) is 9.43. The van der Waals surface area contributed by atoms with E-state index in [1.54, 1.807) is 0 Å². The van der Waals surface area contributed by atoms with Gasteiger partial charge in [-0.05, 0) is 25.2 Å². The first-order chi connectivity index (χ1) is 10.1. The van der Waals surface area contributed by atoms with E-state index in [1.807, 2.05) is 11.8 Å². The molecule has 120 valence electrons. The Labute approximate surface area is 131 Å². The van der Waals surface area contributed by atoms with Crippen LogP contribution in [0.2, 0.25) is 0 Å². The van der Waals surface area contributed by atoms with Crippen LogP contribution in [0.3, 0.4) is 0 Å². The van der Waals surface area contributed by atoms with Gasteiger partial charge in [0, 0.05) is 24.0 Å². The van der Waals surface area contributed by atoms with Gasteiger partial charge in [0.25, 0.3) is 0 Å². The summed E-state index contributed by atoms with van der Waals surface area (Å²) in [5.74, 6) is 1.81. The zero-order valence-electron chi connectivity index (χ0n) is 13.0. The maximum Gasteiger partial charge on any atom is 0.315 e. The number of amides is 3. The number of carbonyl (C=O) groups is 2. The lowest BCUT2D eigenvalue weighted by Gasteiger charge is -2.16. The molecular weight excluding hydrogens is 286 g/mol. The molecule has 21 heavy (non-hydrogen) atoms. The van der Waals surface area contributed by atoms with E-state index >= 15 is 0 Å². The summed E-state index contributed by atoms with van der Waals surface area (Å²) in [6.07, 6.45) is 4.72. The van der Waals surface area contributed by atoms with Gasteiger partial charge in [-0.3, -0.25) is 4.79 Å². The number of hydrogen-bond donors (Lipinski definition) is 3. The molecule has 0 aromatic carbocycles. The van der Waals surface area contributed by atoms with Crippen LogP contribution in [0.4, 0.5) is 4.79 Å². The van der Waals surface area contributed by atoms with Crippen molar-refractivity contribution in [2.45, 2.75) is 63.3 Å². The van der Waals surface area contributed by atoms with E-state index in [4.69, 9.17) is 0 Å². The smallest absolute Gasteiger partial charge is 0.315 e. The molecule has 3 amide bonds. The molecule has 6 heteroatoms. The molecule has 2 aliphatic heterocycles. The Balaban J connectivity index is 1.54. The van der Waals surface area contributed by atoms with Crippen molar-refractivity contribution >= 4 is 23.7 Å². The van der Waals surface area contributed by atoms with Gasteiger partial charge in [-0.1, -0.05) is 20.3 Å². The predicted octanol–water partition coefficient (Wildman–Crippen LogP) is 1.87. The normalized spacial score (nSPS) is 27.4. The van der Waals surface area contributed by atoms with Crippen molar-refractivity contribution in [1.29, 1.82) is 0 Å². The first-order valence-electron chi connectivity index (χ1n) is 8.01. The Hall–Kier alpha value is -0.910. The van der Waals surface area contributed by atoms with Crippen LogP contribution in [-0.2, 0) is 4.79 Å². The molecular formula is C15H27N3O2S. The van der Waals surface area contributed by atoms with Crippen LogP contribution in [0.5, 0.6) is 0 Å². The third-order valence-electron chi connectivity index (χ3n) is 4.12. The molecule has 0 aromatic rings. The van der Waals surface area contributed by atoms with Crippen LogP contribution in [-0.4, -0.2) is 41.6 Å². The molecule has 2 heterocycles. The molecule has 5 nitrogen and oxygen atoms in total. The molecule has 2 rings (SSSR count). The van der Waals surface area contributed by atoms with Crippen LogP contribution in [0.15, 0.2) is 0 Å². The Morgan fingerprint density at radius 3 is 2.95 bits per heavy atom. The summed E-state index contributed by atoms with van der Waals surface area (Å²) in [7, 11) is 0. The number of unbranched alkanes of at least 4 members (excludes halogenated alkanes) is 1. The number of thioether (sulfide) groups is 1. The molecule has 0 bridgehead atoms. The quantitative estimate of drug-likeness (QED) is 0.473. The Morgan fingerprint density at radius 1 is 1.38 bits per heavy atom. The Kier molecular flexibility index (Phi) is 6.21. The second kappa shape index (κ2) is 7.92. The van der Waals surface area contributed by atoms with Crippen molar-refractivity contribution in [3.05, 3.63) is 0 Å². The second-order valence-electron chi connectivity index (χ2n) is 6.40. The minimum absolute atomic E-state index is 0.0279. The van der Waals surface area contributed by atoms with Crippen LogP contribution < -0.4 is 16.0 Å². The summed E-state index contributed by atoms with van der Waals surface area (Å²) < 4.78 is 0. The number of nitrogens with one attached hydrogen (secondary N) is 3. The molecule has 0 radical (unpaired) electrons. The van der Waals surface area contributed by atoms with Gasteiger partial charge in [0.15, 0.2) is 0 Å². The van der Waals surface area contributed by atoms with E-state index < -0.39 is 0 Å². The number of fused-ring (bicyclic) bond motifs is 1. The fourth-order valence-corrected chi connectivity index (χ4v) is 4.41. The van der Waals surface area contributed by atoms with Crippen molar-refractivity contribution < 1.29 is 9.59 Å². The fraction of sp³-hybridized carbons (Fsp3) is 0.867. The zero-order valence-corrected chi connectivity index (χ0v) is 13.8. The largest absolute Gasteiger partial charge is 0.356 e. The first-order valence-corrected chi connectivity index (χ1v) is 9.06. The van der Waals surface area contributed by atoms with Crippen LogP contribution >= 0.6 is 11.8 Å². The highest BCUT2D eigenvalue weighted by atomic mass is 32.2. The fourth-order valence-electron chi connectivity index (χ4n) is 2.86. The second-order valence-corrected chi connectivity index (χ2v) is 7.67. The lowest BCUT2D eigenvalue weighted by molar-refractivity contribution is -0.121. The van der Waals surface area contributed by atoms with Crippen LogP contribution in [0, 0.1) is 5.92 Å².